The van der Waals surface area contributed by atoms with E-state index in [1.165, 1.54) is 22.1 Å². The lowest BCUT2D eigenvalue weighted by Gasteiger charge is -2.36. The quantitative estimate of drug-likeness (QED) is 0.920. The van der Waals surface area contributed by atoms with Crippen molar-refractivity contribution in [3.8, 4) is 0 Å². The number of hydrogen-bond donors (Lipinski definition) is 1. The highest BCUT2D eigenvalue weighted by molar-refractivity contribution is 8.07. The van der Waals surface area contributed by atoms with Crippen LogP contribution in [0, 0.1) is 0 Å². The molecular weight excluding hydrogens is 296 g/mol. The summed E-state index contributed by atoms with van der Waals surface area (Å²) < 4.78 is 0. The predicted octanol–water partition coefficient (Wildman–Crippen LogP) is 4.12. The maximum Gasteiger partial charge on any atom is 0.0452 e. The summed E-state index contributed by atoms with van der Waals surface area (Å²) in [5, 5.41) is 8.19. The molecule has 4 heteroatoms. The first-order valence-corrected chi connectivity index (χ1v) is 9.47. The van der Waals surface area contributed by atoms with Crippen LogP contribution >= 0.6 is 23.5 Å². The minimum Gasteiger partial charge on any atom is -0.312 e. The van der Waals surface area contributed by atoms with Gasteiger partial charge in [-0.2, -0.15) is 23.5 Å². The van der Waals surface area contributed by atoms with Gasteiger partial charge < -0.3 is 5.32 Å². The fourth-order valence-electron chi connectivity index (χ4n) is 2.94. The van der Waals surface area contributed by atoms with Crippen molar-refractivity contribution in [3.63, 3.8) is 0 Å². The molecule has 0 spiro atoms. The Labute approximate surface area is 135 Å². The van der Waals surface area contributed by atoms with Crippen molar-refractivity contribution in [1.82, 2.24) is 10.3 Å². The van der Waals surface area contributed by atoms with Crippen LogP contribution in [0.3, 0.4) is 0 Å². The molecule has 3 rings (SSSR count). The van der Waals surface area contributed by atoms with Crippen LogP contribution < -0.4 is 5.32 Å². The smallest absolute Gasteiger partial charge is 0.0452 e. The van der Waals surface area contributed by atoms with E-state index in [1.807, 2.05) is 12.4 Å². The summed E-state index contributed by atoms with van der Waals surface area (Å²) in [5.41, 5.74) is 1.40. The molecule has 4 unspecified atom stereocenters. The molecule has 1 aromatic carbocycles. The van der Waals surface area contributed by atoms with Gasteiger partial charge in [-0.1, -0.05) is 32.0 Å². The summed E-state index contributed by atoms with van der Waals surface area (Å²) in [7, 11) is 2.08. The van der Waals surface area contributed by atoms with E-state index in [4.69, 9.17) is 0 Å². The molecule has 2 nitrogen and oxygen atoms in total. The molecule has 1 aliphatic rings. The van der Waals surface area contributed by atoms with Gasteiger partial charge in [0.25, 0.3) is 0 Å². The van der Waals surface area contributed by atoms with Crippen LogP contribution in [0.1, 0.15) is 25.5 Å². The summed E-state index contributed by atoms with van der Waals surface area (Å²) in [6.07, 6.45) is 3.85. The van der Waals surface area contributed by atoms with Crippen LogP contribution in [0.15, 0.2) is 36.7 Å². The molecule has 2 aromatic rings. The van der Waals surface area contributed by atoms with Crippen LogP contribution in [0.5, 0.6) is 0 Å². The standard InChI is InChI=1S/C17H22N2S2/c1-11-12(2)21-16(10-20-11)17(18-3)15-6-4-5-13-9-19-8-7-14(13)15/h4-9,11-12,16-18H,10H2,1-3H3. The summed E-state index contributed by atoms with van der Waals surface area (Å²) in [6.45, 7) is 4.70. The summed E-state index contributed by atoms with van der Waals surface area (Å²) in [5.74, 6) is 1.21. The second-order valence-electron chi connectivity index (χ2n) is 5.63. The number of hydrogen-bond acceptors (Lipinski definition) is 4. The van der Waals surface area contributed by atoms with Crippen molar-refractivity contribution in [2.75, 3.05) is 12.8 Å². The number of rotatable bonds is 3. The normalized spacial score (nSPS) is 27.7. The average Bonchev–Trinajstić information content (AvgIpc) is 2.52. The molecule has 21 heavy (non-hydrogen) atoms. The zero-order chi connectivity index (χ0) is 14.8. The van der Waals surface area contributed by atoms with Crippen LogP contribution in [0.4, 0.5) is 0 Å². The zero-order valence-electron chi connectivity index (χ0n) is 12.7. The fraction of sp³-hybridized carbons (Fsp3) is 0.471. The first kappa shape index (κ1) is 15.2. The van der Waals surface area contributed by atoms with Crippen molar-refractivity contribution in [2.45, 2.75) is 35.6 Å². The van der Waals surface area contributed by atoms with Gasteiger partial charge in [0.05, 0.1) is 0 Å². The number of fused-ring (bicyclic) bond motifs is 1. The maximum absolute atomic E-state index is 4.24. The maximum atomic E-state index is 4.24. The third kappa shape index (κ3) is 3.08. The largest absolute Gasteiger partial charge is 0.312 e. The topological polar surface area (TPSA) is 24.9 Å². The molecular formula is C17H22N2S2. The lowest BCUT2D eigenvalue weighted by molar-refractivity contribution is 0.592. The molecule has 1 fully saturated rings. The number of nitrogens with zero attached hydrogens (tertiary/aromatic N) is 1. The van der Waals surface area contributed by atoms with Gasteiger partial charge in [-0.25, -0.2) is 0 Å². The van der Waals surface area contributed by atoms with E-state index in [2.05, 4.69) is 79.0 Å². The summed E-state index contributed by atoms with van der Waals surface area (Å²) in [4.78, 5) is 4.24. The molecule has 0 radical (unpaired) electrons. The number of thioether (sulfide) groups is 2. The number of aromatic nitrogens is 1. The SMILES string of the molecule is CNC(c1cccc2cnccc12)C1CSC(C)C(C)S1. The van der Waals surface area contributed by atoms with Crippen molar-refractivity contribution >= 4 is 34.3 Å². The van der Waals surface area contributed by atoms with Crippen LogP contribution in [-0.4, -0.2) is 33.5 Å². The Bertz CT molecular complexity index is 611. The van der Waals surface area contributed by atoms with Gasteiger partial charge in [-0.15, -0.1) is 0 Å². The Hall–Kier alpha value is -0.710. The van der Waals surface area contributed by atoms with Gasteiger partial charge in [-0.05, 0) is 24.1 Å². The molecule has 0 amide bonds. The van der Waals surface area contributed by atoms with E-state index >= 15 is 0 Å². The highest BCUT2D eigenvalue weighted by Crippen LogP contribution is 2.42. The predicted molar refractivity (Wildman–Crippen MR) is 96.3 cm³/mol. The van der Waals surface area contributed by atoms with E-state index in [0.717, 1.165) is 5.25 Å². The van der Waals surface area contributed by atoms with Crippen molar-refractivity contribution < 1.29 is 0 Å². The number of pyridine rings is 1. The van der Waals surface area contributed by atoms with Crippen LogP contribution in [-0.2, 0) is 0 Å². The second-order valence-corrected chi connectivity index (χ2v) is 8.66. The molecule has 0 saturated carbocycles. The van der Waals surface area contributed by atoms with E-state index in [9.17, 15) is 0 Å². The lowest BCUT2D eigenvalue weighted by Crippen LogP contribution is -2.35. The Morgan fingerprint density at radius 3 is 2.86 bits per heavy atom. The third-order valence-corrected chi connectivity index (χ3v) is 7.80. The zero-order valence-corrected chi connectivity index (χ0v) is 14.4. The highest BCUT2D eigenvalue weighted by atomic mass is 32.2. The van der Waals surface area contributed by atoms with Crippen molar-refractivity contribution in [2.24, 2.45) is 0 Å². The van der Waals surface area contributed by atoms with E-state index in [0.29, 0.717) is 16.5 Å². The first-order valence-electron chi connectivity index (χ1n) is 7.47. The Kier molecular flexibility index (Phi) is 4.77. The van der Waals surface area contributed by atoms with Crippen molar-refractivity contribution in [3.05, 3.63) is 42.2 Å². The summed E-state index contributed by atoms with van der Waals surface area (Å²) in [6, 6.07) is 9.09. The molecule has 112 valence electrons. The Morgan fingerprint density at radius 1 is 1.24 bits per heavy atom. The molecule has 1 aliphatic heterocycles. The monoisotopic (exact) mass is 318 g/mol. The number of nitrogens with one attached hydrogen (secondary N) is 1. The average molecular weight is 319 g/mol. The fourth-order valence-corrected chi connectivity index (χ4v) is 6.09. The van der Waals surface area contributed by atoms with Gasteiger partial charge >= 0.3 is 0 Å². The van der Waals surface area contributed by atoms with Gasteiger partial charge in [-0.3, -0.25) is 4.98 Å². The van der Waals surface area contributed by atoms with Gasteiger partial charge in [0.2, 0.25) is 0 Å². The van der Waals surface area contributed by atoms with Crippen molar-refractivity contribution in [1.29, 1.82) is 0 Å². The van der Waals surface area contributed by atoms with E-state index in [-0.39, 0.29) is 0 Å². The van der Waals surface area contributed by atoms with Crippen LogP contribution in [0.25, 0.3) is 10.8 Å². The second kappa shape index (κ2) is 6.59. The molecule has 2 heterocycles. The molecule has 1 aromatic heterocycles. The molecule has 1 saturated heterocycles. The van der Waals surface area contributed by atoms with Gasteiger partial charge in [0.1, 0.15) is 0 Å². The molecule has 4 atom stereocenters. The van der Waals surface area contributed by atoms with Gasteiger partial charge in [0, 0.05) is 45.3 Å². The van der Waals surface area contributed by atoms with Gasteiger partial charge in [0.15, 0.2) is 0 Å². The Balaban J connectivity index is 1.95. The Morgan fingerprint density at radius 2 is 2.10 bits per heavy atom. The van der Waals surface area contributed by atoms with E-state index < -0.39 is 0 Å². The first-order chi connectivity index (χ1) is 10.2. The molecule has 0 aliphatic carbocycles. The van der Waals surface area contributed by atoms with Crippen LogP contribution in [0.2, 0.25) is 0 Å². The molecule has 0 bridgehead atoms. The van der Waals surface area contributed by atoms with E-state index in [1.54, 1.807) is 0 Å². The number of benzene rings is 1. The molecule has 1 N–H and O–H groups in total. The minimum atomic E-state index is 0.392. The minimum absolute atomic E-state index is 0.392. The highest BCUT2D eigenvalue weighted by Gasteiger charge is 2.31. The third-order valence-electron chi connectivity index (χ3n) is 4.31. The summed E-state index contributed by atoms with van der Waals surface area (Å²) >= 11 is 4.24. The lowest BCUT2D eigenvalue weighted by atomic mass is 9.98.